The molecule has 0 atom stereocenters. The molecule has 0 bridgehead atoms. The van der Waals surface area contributed by atoms with Crippen LogP contribution in [0.2, 0.25) is 0 Å². The Labute approximate surface area is 128 Å². The number of hydrogen-bond donors (Lipinski definition) is 0. The summed E-state index contributed by atoms with van der Waals surface area (Å²) < 4.78 is 0. The van der Waals surface area contributed by atoms with Crippen LogP contribution in [0.25, 0.3) is 11.1 Å². The summed E-state index contributed by atoms with van der Waals surface area (Å²) in [5.41, 5.74) is -1.68. The van der Waals surface area contributed by atoms with Gasteiger partial charge in [0.25, 0.3) is 0 Å². The Bertz CT molecular complexity index is 756. The molecule has 22 heavy (non-hydrogen) atoms. The molecular formula is C16H20N2O4. The third kappa shape index (κ3) is 2.01. The minimum atomic E-state index is -0.664. The van der Waals surface area contributed by atoms with Crippen molar-refractivity contribution in [2.24, 2.45) is 0 Å². The van der Waals surface area contributed by atoms with Crippen LogP contribution in [-0.2, 0) is 0 Å². The second kappa shape index (κ2) is 5.87. The number of anilines is 2. The van der Waals surface area contributed by atoms with Gasteiger partial charge in [-0.15, -0.1) is 0 Å². The van der Waals surface area contributed by atoms with Gasteiger partial charge in [0.15, 0.2) is 0 Å². The lowest BCUT2D eigenvalue weighted by molar-refractivity contribution is 0.847. The summed E-state index contributed by atoms with van der Waals surface area (Å²) in [7, 11) is 0. The van der Waals surface area contributed by atoms with Crippen molar-refractivity contribution in [2.45, 2.75) is 27.7 Å². The Morgan fingerprint density at radius 1 is 0.545 bits per heavy atom. The van der Waals surface area contributed by atoms with E-state index in [0.717, 1.165) is 0 Å². The Hall–Kier alpha value is -2.24. The molecule has 0 aliphatic heterocycles. The molecule has 0 aromatic heterocycles. The van der Waals surface area contributed by atoms with E-state index >= 15 is 0 Å². The minimum Gasteiger partial charge on any atom is -0.368 e. The molecule has 6 nitrogen and oxygen atoms in total. The number of nitrogens with zero attached hydrogens (tertiary/aromatic N) is 2. The fraction of sp³-hybridized carbons (Fsp3) is 0.500. The van der Waals surface area contributed by atoms with Crippen LogP contribution in [0.5, 0.6) is 0 Å². The predicted molar refractivity (Wildman–Crippen MR) is 88.8 cm³/mol. The van der Waals surface area contributed by atoms with Gasteiger partial charge in [-0.2, -0.15) is 0 Å². The Morgan fingerprint density at radius 3 is 1.05 bits per heavy atom. The first-order chi connectivity index (χ1) is 10.4. The maximum atomic E-state index is 12.0. The summed E-state index contributed by atoms with van der Waals surface area (Å²) in [6.07, 6.45) is 0. The van der Waals surface area contributed by atoms with Crippen molar-refractivity contribution in [3.8, 4) is 11.1 Å². The largest absolute Gasteiger partial charge is 0.368 e. The second-order valence-corrected chi connectivity index (χ2v) is 5.11. The van der Waals surface area contributed by atoms with E-state index < -0.39 is 21.7 Å². The van der Waals surface area contributed by atoms with E-state index in [9.17, 15) is 19.2 Å². The van der Waals surface area contributed by atoms with Gasteiger partial charge in [0.1, 0.15) is 11.4 Å². The second-order valence-electron chi connectivity index (χ2n) is 5.11. The third-order valence-electron chi connectivity index (χ3n) is 4.18. The van der Waals surface area contributed by atoms with E-state index in [1.54, 1.807) is 9.80 Å². The van der Waals surface area contributed by atoms with Crippen molar-refractivity contribution < 1.29 is 0 Å². The van der Waals surface area contributed by atoms with Crippen LogP contribution < -0.4 is 31.5 Å². The molecule has 2 aromatic carbocycles. The number of rotatable bonds is 7. The highest BCUT2D eigenvalue weighted by atomic mass is 16.2. The highest BCUT2D eigenvalue weighted by Crippen LogP contribution is 2.31. The highest BCUT2D eigenvalue weighted by molar-refractivity contribution is 5.92. The summed E-state index contributed by atoms with van der Waals surface area (Å²) in [4.78, 5) is 51.3. The first kappa shape index (κ1) is 16.1. The zero-order chi connectivity index (χ0) is 16.6. The highest BCUT2D eigenvalue weighted by Gasteiger charge is 2.35. The van der Waals surface area contributed by atoms with Crippen LogP contribution in [0.1, 0.15) is 27.7 Å². The summed E-state index contributed by atoms with van der Waals surface area (Å²) in [6, 6.07) is 0. The molecule has 0 heterocycles. The van der Waals surface area contributed by atoms with Crippen molar-refractivity contribution in [3.05, 3.63) is 40.9 Å². The van der Waals surface area contributed by atoms with Crippen molar-refractivity contribution in [1.29, 1.82) is 0 Å². The van der Waals surface area contributed by atoms with Crippen LogP contribution in [0.15, 0.2) is 19.2 Å². The van der Waals surface area contributed by atoms with E-state index in [4.69, 9.17) is 0 Å². The van der Waals surface area contributed by atoms with Crippen LogP contribution in [0.3, 0.4) is 0 Å². The van der Waals surface area contributed by atoms with E-state index in [1.165, 1.54) is 0 Å². The van der Waals surface area contributed by atoms with Crippen LogP contribution in [0, 0.1) is 0 Å². The van der Waals surface area contributed by atoms with Crippen LogP contribution in [-0.4, -0.2) is 26.2 Å². The van der Waals surface area contributed by atoms with Gasteiger partial charge in [-0.25, -0.2) is 0 Å². The molecule has 2 rings (SSSR count). The Morgan fingerprint density at radius 2 is 0.818 bits per heavy atom. The van der Waals surface area contributed by atoms with Crippen molar-refractivity contribution in [1.82, 2.24) is 0 Å². The maximum absolute atomic E-state index is 12.0. The molecule has 0 aliphatic rings. The molecule has 0 saturated carbocycles. The molecule has 2 aromatic rings. The minimum absolute atomic E-state index is 0.125. The molecule has 0 radical (unpaired) electrons. The van der Waals surface area contributed by atoms with Gasteiger partial charge >= 0.3 is 0 Å². The lowest BCUT2D eigenvalue weighted by Gasteiger charge is -2.28. The monoisotopic (exact) mass is 304 g/mol. The van der Waals surface area contributed by atoms with E-state index in [2.05, 4.69) is 0 Å². The zero-order valence-corrected chi connectivity index (χ0v) is 13.4. The molecule has 0 N–H and O–H groups in total. The Kier molecular flexibility index (Phi) is 4.30. The third-order valence-corrected chi connectivity index (χ3v) is 4.18. The van der Waals surface area contributed by atoms with Gasteiger partial charge in [0, 0.05) is 26.2 Å². The first-order valence-electron chi connectivity index (χ1n) is 7.61. The smallest absolute Gasteiger partial charge is 0.250 e. The fourth-order valence-electron chi connectivity index (χ4n) is 2.91. The maximum Gasteiger partial charge on any atom is 0.250 e. The molecule has 118 valence electrons. The molecule has 0 unspecified atom stereocenters. The summed E-state index contributed by atoms with van der Waals surface area (Å²) in [5, 5.41) is 0. The van der Waals surface area contributed by atoms with Gasteiger partial charge < -0.3 is 9.80 Å². The standard InChI is InChI=1S/C16H20N2O4/c1-5-17(6-2)11-9(13(19)15(11)21)10-12(16(22)14(10)20)18(7-3)8-4/h5-8H2,1-4H3. The van der Waals surface area contributed by atoms with Crippen LogP contribution >= 0.6 is 0 Å². The summed E-state index contributed by atoms with van der Waals surface area (Å²) in [5.74, 6) is 0. The summed E-state index contributed by atoms with van der Waals surface area (Å²) in [6.45, 7) is 9.73. The molecular weight excluding hydrogens is 284 g/mol. The van der Waals surface area contributed by atoms with Gasteiger partial charge in [-0.05, 0) is 27.7 Å². The molecule has 6 heteroatoms. The van der Waals surface area contributed by atoms with Crippen molar-refractivity contribution >= 4 is 11.4 Å². The van der Waals surface area contributed by atoms with Gasteiger partial charge in [-0.3, -0.25) is 19.2 Å². The lowest BCUT2D eigenvalue weighted by atomic mass is 9.91. The fourth-order valence-corrected chi connectivity index (χ4v) is 2.91. The molecule has 0 amide bonds. The molecule has 0 saturated heterocycles. The Balaban J connectivity index is 2.66. The van der Waals surface area contributed by atoms with E-state index in [0.29, 0.717) is 26.2 Å². The zero-order valence-electron chi connectivity index (χ0n) is 13.4. The first-order valence-corrected chi connectivity index (χ1v) is 7.61. The van der Waals surface area contributed by atoms with Gasteiger partial charge in [0.05, 0.1) is 11.1 Å². The average Bonchev–Trinajstić information content (AvgIpc) is 2.55. The van der Waals surface area contributed by atoms with E-state index in [-0.39, 0.29) is 22.5 Å². The molecule has 0 fully saturated rings. The molecule has 0 spiro atoms. The number of hydrogen-bond acceptors (Lipinski definition) is 6. The SMILES string of the molecule is CCN(CC)c1c(-c2c(N(CC)CC)c(=O)c2=O)c(=O)c1=O. The van der Waals surface area contributed by atoms with Gasteiger partial charge in [-0.1, -0.05) is 0 Å². The predicted octanol–water partition coefficient (Wildman–Crippen LogP) is 0.238. The topological polar surface area (TPSA) is 74.8 Å². The summed E-state index contributed by atoms with van der Waals surface area (Å²) >= 11 is 0. The normalized spacial score (nSPS) is 11.3. The average molecular weight is 304 g/mol. The van der Waals surface area contributed by atoms with Crippen LogP contribution in [0.4, 0.5) is 11.4 Å². The van der Waals surface area contributed by atoms with E-state index in [1.807, 2.05) is 27.7 Å². The van der Waals surface area contributed by atoms with Gasteiger partial charge in [0.2, 0.25) is 21.7 Å². The van der Waals surface area contributed by atoms with Crippen molar-refractivity contribution in [3.63, 3.8) is 0 Å². The lowest BCUT2D eigenvalue weighted by Crippen LogP contribution is -2.48. The quantitative estimate of drug-likeness (QED) is 0.682. The molecule has 0 aliphatic carbocycles. The van der Waals surface area contributed by atoms with Crippen molar-refractivity contribution in [2.75, 3.05) is 36.0 Å².